The maximum Gasteiger partial charge on any atom is 0.416 e. The lowest BCUT2D eigenvalue weighted by atomic mass is 10.0. The summed E-state index contributed by atoms with van der Waals surface area (Å²) in [5.41, 5.74) is 0.426. The van der Waals surface area contributed by atoms with E-state index in [0.717, 1.165) is 17.7 Å². The van der Waals surface area contributed by atoms with Crippen molar-refractivity contribution in [1.82, 2.24) is 10.2 Å². The summed E-state index contributed by atoms with van der Waals surface area (Å²) in [6.07, 6.45) is -4.13. The summed E-state index contributed by atoms with van der Waals surface area (Å²) in [6, 6.07) is 22.4. The summed E-state index contributed by atoms with van der Waals surface area (Å²) in [5, 5.41) is 2.80. The van der Waals surface area contributed by atoms with Gasteiger partial charge in [0.25, 0.3) is 10.0 Å². The smallest absolute Gasteiger partial charge is 0.354 e. The van der Waals surface area contributed by atoms with E-state index >= 15 is 0 Å². The molecule has 0 saturated carbocycles. The lowest BCUT2D eigenvalue weighted by Gasteiger charge is -2.34. The van der Waals surface area contributed by atoms with Gasteiger partial charge in [0.05, 0.1) is 16.1 Å². The number of rotatable bonds is 13. The van der Waals surface area contributed by atoms with Crippen molar-refractivity contribution in [3.63, 3.8) is 0 Å². The van der Waals surface area contributed by atoms with E-state index in [4.69, 9.17) is 0 Å². The van der Waals surface area contributed by atoms with Crippen molar-refractivity contribution in [1.29, 1.82) is 0 Å². The van der Waals surface area contributed by atoms with Crippen LogP contribution in [-0.4, -0.2) is 44.3 Å². The Balaban J connectivity index is 1.83. The van der Waals surface area contributed by atoms with Crippen molar-refractivity contribution in [3.05, 3.63) is 131 Å². The van der Waals surface area contributed by atoms with Crippen LogP contribution in [0.2, 0.25) is 0 Å². The number of halogens is 4. The monoisotopic (exact) mass is 669 g/mol. The van der Waals surface area contributed by atoms with Crippen molar-refractivity contribution in [2.45, 2.75) is 50.3 Å². The van der Waals surface area contributed by atoms with Gasteiger partial charge in [0.2, 0.25) is 11.8 Å². The highest BCUT2D eigenvalue weighted by molar-refractivity contribution is 7.92. The summed E-state index contributed by atoms with van der Waals surface area (Å²) in [6.45, 7) is 2.77. The van der Waals surface area contributed by atoms with E-state index in [1.165, 1.54) is 59.5 Å². The number of nitrogens with one attached hydrogen (secondary N) is 1. The second kappa shape index (κ2) is 15.3. The minimum Gasteiger partial charge on any atom is -0.354 e. The van der Waals surface area contributed by atoms with E-state index in [-0.39, 0.29) is 23.5 Å². The Morgan fingerprint density at radius 1 is 0.851 bits per heavy atom. The van der Waals surface area contributed by atoms with Gasteiger partial charge in [0.1, 0.15) is 18.4 Å². The zero-order valence-electron chi connectivity index (χ0n) is 25.9. The Labute approximate surface area is 271 Å². The third-order valence-electron chi connectivity index (χ3n) is 7.44. The van der Waals surface area contributed by atoms with E-state index in [1.54, 1.807) is 37.3 Å². The van der Waals surface area contributed by atoms with E-state index in [9.17, 15) is 35.6 Å². The van der Waals surface area contributed by atoms with Gasteiger partial charge in [-0.25, -0.2) is 12.8 Å². The second-order valence-electron chi connectivity index (χ2n) is 11.0. The summed E-state index contributed by atoms with van der Waals surface area (Å²) in [5.74, 6) is -1.87. The first-order valence-corrected chi connectivity index (χ1v) is 16.4. The van der Waals surface area contributed by atoms with Crippen molar-refractivity contribution in [3.8, 4) is 0 Å². The maximum atomic E-state index is 14.4. The summed E-state index contributed by atoms with van der Waals surface area (Å²) in [4.78, 5) is 29.0. The van der Waals surface area contributed by atoms with Gasteiger partial charge in [-0.2, -0.15) is 13.2 Å². The molecule has 0 aliphatic heterocycles. The van der Waals surface area contributed by atoms with E-state index in [1.807, 2.05) is 6.92 Å². The fourth-order valence-corrected chi connectivity index (χ4v) is 6.32. The van der Waals surface area contributed by atoms with E-state index in [0.29, 0.717) is 34.5 Å². The minimum absolute atomic E-state index is 0.0532. The first-order chi connectivity index (χ1) is 22.3. The van der Waals surface area contributed by atoms with Gasteiger partial charge in [-0.3, -0.25) is 13.9 Å². The fourth-order valence-electron chi connectivity index (χ4n) is 4.91. The van der Waals surface area contributed by atoms with Crippen LogP contribution in [0.15, 0.2) is 108 Å². The highest BCUT2D eigenvalue weighted by Gasteiger charge is 2.36. The SMILES string of the molecule is CCCNC(=O)[C@H](Cc1ccccc1)N(Cc1ccc(F)cc1)C(=O)CN(c1cccc(C(F)(F)F)c1)S(=O)(=O)c1ccc(C)cc1. The van der Waals surface area contributed by atoms with Gasteiger partial charge in [-0.15, -0.1) is 0 Å². The van der Waals surface area contributed by atoms with E-state index < -0.39 is 52.0 Å². The molecule has 1 N–H and O–H groups in total. The standard InChI is InChI=1S/C35H35F4N3O4S/c1-3-20-40-34(44)32(21-26-8-5-4-6-9-26)41(23-27-14-16-29(36)17-15-27)33(43)24-42(30-11-7-10-28(22-30)35(37,38)39)47(45,46)31-18-12-25(2)13-19-31/h4-19,22,32H,3,20-21,23-24H2,1-2H3,(H,40,44)/t32-/m0/s1. The topological polar surface area (TPSA) is 86.8 Å². The van der Waals surface area contributed by atoms with Gasteiger partial charge in [0, 0.05) is 19.5 Å². The number of nitrogens with zero attached hydrogens (tertiary/aromatic N) is 2. The van der Waals surface area contributed by atoms with Gasteiger partial charge >= 0.3 is 6.18 Å². The fraction of sp³-hybridized carbons (Fsp3) is 0.257. The van der Waals surface area contributed by atoms with Crippen LogP contribution >= 0.6 is 0 Å². The quantitative estimate of drug-likeness (QED) is 0.165. The minimum atomic E-state index is -4.79. The third kappa shape index (κ3) is 9.19. The molecular formula is C35H35F4N3O4S. The summed E-state index contributed by atoms with van der Waals surface area (Å²) < 4.78 is 83.7. The van der Waals surface area contributed by atoms with Gasteiger partial charge in [0.15, 0.2) is 0 Å². The van der Waals surface area contributed by atoms with Crippen molar-refractivity contribution >= 4 is 27.5 Å². The molecule has 4 aromatic rings. The average Bonchev–Trinajstić information content (AvgIpc) is 3.05. The lowest BCUT2D eigenvalue weighted by Crippen LogP contribution is -2.53. The first kappa shape index (κ1) is 35.1. The molecule has 248 valence electrons. The van der Waals surface area contributed by atoms with Crippen LogP contribution < -0.4 is 9.62 Å². The largest absolute Gasteiger partial charge is 0.416 e. The molecule has 0 bridgehead atoms. The highest BCUT2D eigenvalue weighted by atomic mass is 32.2. The second-order valence-corrected chi connectivity index (χ2v) is 12.9. The van der Waals surface area contributed by atoms with Crippen LogP contribution in [-0.2, 0) is 38.8 Å². The molecule has 4 rings (SSSR count). The number of sulfonamides is 1. The molecule has 0 spiro atoms. The number of benzene rings is 4. The molecule has 7 nitrogen and oxygen atoms in total. The molecule has 0 saturated heterocycles. The zero-order chi connectivity index (χ0) is 34.2. The molecule has 0 aliphatic rings. The number of amides is 2. The Hall–Kier alpha value is -4.71. The Morgan fingerprint density at radius 2 is 1.51 bits per heavy atom. The van der Waals surface area contributed by atoms with Crippen LogP contribution in [0.5, 0.6) is 0 Å². The molecule has 47 heavy (non-hydrogen) atoms. The number of carbonyl (C=O) groups is 2. The first-order valence-electron chi connectivity index (χ1n) is 14.9. The molecule has 4 aromatic carbocycles. The molecular weight excluding hydrogens is 634 g/mol. The summed E-state index contributed by atoms with van der Waals surface area (Å²) in [7, 11) is -4.59. The number of carbonyl (C=O) groups excluding carboxylic acids is 2. The van der Waals surface area contributed by atoms with Gasteiger partial charge in [-0.1, -0.05) is 73.2 Å². The Kier molecular flexibility index (Phi) is 11.4. The zero-order valence-corrected chi connectivity index (χ0v) is 26.7. The normalized spacial score (nSPS) is 12.3. The van der Waals surface area contributed by atoms with Crippen molar-refractivity contribution < 1.29 is 35.6 Å². The molecule has 0 unspecified atom stereocenters. The molecule has 0 fully saturated rings. The Bertz CT molecular complexity index is 1770. The van der Waals surface area contributed by atoms with Crippen LogP contribution in [0.4, 0.5) is 23.2 Å². The predicted molar refractivity (Wildman–Crippen MR) is 171 cm³/mol. The molecule has 1 atom stereocenters. The molecule has 0 aromatic heterocycles. The van der Waals surface area contributed by atoms with Crippen LogP contribution in [0, 0.1) is 12.7 Å². The van der Waals surface area contributed by atoms with Crippen LogP contribution in [0.25, 0.3) is 0 Å². The van der Waals surface area contributed by atoms with Gasteiger partial charge in [-0.05, 0) is 66.9 Å². The predicted octanol–water partition coefficient (Wildman–Crippen LogP) is 6.51. The number of hydrogen-bond acceptors (Lipinski definition) is 4. The number of aryl methyl sites for hydroxylation is 1. The molecule has 0 aliphatic carbocycles. The Morgan fingerprint density at radius 3 is 2.13 bits per heavy atom. The maximum absolute atomic E-state index is 14.4. The van der Waals surface area contributed by atoms with Crippen LogP contribution in [0.1, 0.15) is 35.6 Å². The molecule has 2 amide bonds. The number of alkyl halides is 3. The molecule has 0 radical (unpaired) electrons. The third-order valence-corrected chi connectivity index (χ3v) is 9.22. The summed E-state index contributed by atoms with van der Waals surface area (Å²) >= 11 is 0. The van der Waals surface area contributed by atoms with Crippen molar-refractivity contribution in [2.24, 2.45) is 0 Å². The molecule has 12 heteroatoms. The molecule has 0 heterocycles. The van der Waals surface area contributed by atoms with Gasteiger partial charge < -0.3 is 10.2 Å². The average molecular weight is 670 g/mol. The van der Waals surface area contributed by atoms with Crippen molar-refractivity contribution in [2.75, 3.05) is 17.4 Å². The van der Waals surface area contributed by atoms with E-state index in [2.05, 4.69) is 5.32 Å². The lowest BCUT2D eigenvalue weighted by molar-refractivity contribution is -0.140. The number of hydrogen-bond donors (Lipinski definition) is 1. The highest BCUT2D eigenvalue weighted by Crippen LogP contribution is 2.33. The number of anilines is 1. The van der Waals surface area contributed by atoms with Crippen LogP contribution in [0.3, 0.4) is 0 Å².